The lowest BCUT2D eigenvalue weighted by Crippen LogP contribution is -2.22. The summed E-state index contributed by atoms with van der Waals surface area (Å²) in [5.74, 6) is 0.806. The molecule has 0 radical (unpaired) electrons. The van der Waals surface area contributed by atoms with E-state index in [0.29, 0.717) is 6.04 Å². The summed E-state index contributed by atoms with van der Waals surface area (Å²) in [5, 5.41) is 3.75. The summed E-state index contributed by atoms with van der Waals surface area (Å²) >= 11 is 0. The zero-order valence-electron chi connectivity index (χ0n) is 12.5. The van der Waals surface area contributed by atoms with Crippen molar-refractivity contribution in [1.82, 2.24) is 0 Å². The molecule has 0 bridgehead atoms. The van der Waals surface area contributed by atoms with E-state index >= 15 is 0 Å². The SMILES string of the molecule is CCCc1ccccc1NC(CC)CC(C)CC. The van der Waals surface area contributed by atoms with Crippen LogP contribution in [0, 0.1) is 5.92 Å². The summed E-state index contributed by atoms with van der Waals surface area (Å²) in [6.45, 7) is 9.15. The Kier molecular flexibility index (Phi) is 6.85. The maximum atomic E-state index is 3.75. The fraction of sp³-hybridized carbons (Fsp3) is 0.647. The molecular weight excluding hydrogens is 218 g/mol. The zero-order valence-corrected chi connectivity index (χ0v) is 12.5. The molecule has 0 spiro atoms. The molecule has 1 N–H and O–H groups in total. The summed E-state index contributed by atoms with van der Waals surface area (Å²) in [7, 11) is 0. The molecule has 0 amide bonds. The normalized spacial score (nSPS) is 14.2. The Morgan fingerprint density at radius 2 is 1.78 bits per heavy atom. The molecule has 0 heterocycles. The van der Waals surface area contributed by atoms with Crippen LogP contribution in [-0.4, -0.2) is 6.04 Å². The van der Waals surface area contributed by atoms with E-state index in [4.69, 9.17) is 0 Å². The van der Waals surface area contributed by atoms with Gasteiger partial charge < -0.3 is 5.32 Å². The molecular formula is C17H29N. The van der Waals surface area contributed by atoms with Crippen LogP contribution in [0.3, 0.4) is 0 Å². The molecule has 102 valence electrons. The van der Waals surface area contributed by atoms with Gasteiger partial charge in [0.2, 0.25) is 0 Å². The average Bonchev–Trinajstić information content (AvgIpc) is 2.40. The Bertz CT molecular complexity index is 332. The average molecular weight is 247 g/mol. The number of aryl methyl sites for hydroxylation is 1. The van der Waals surface area contributed by atoms with Crippen molar-refractivity contribution in [2.75, 3.05) is 5.32 Å². The number of hydrogen-bond acceptors (Lipinski definition) is 1. The van der Waals surface area contributed by atoms with E-state index in [9.17, 15) is 0 Å². The van der Waals surface area contributed by atoms with Gasteiger partial charge in [0.15, 0.2) is 0 Å². The largest absolute Gasteiger partial charge is 0.382 e. The summed E-state index contributed by atoms with van der Waals surface area (Å²) in [6.07, 6.45) is 6.12. The van der Waals surface area contributed by atoms with Crippen molar-refractivity contribution in [3.05, 3.63) is 29.8 Å². The molecule has 18 heavy (non-hydrogen) atoms. The lowest BCUT2D eigenvalue weighted by Gasteiger charge is -2.23. The van der Waals surface area contributed by atoms with Gasteiger partial charge in [-0.3, -0.25) is 0 Å². The summed E-state index contributed by atoms with van der Waals surface area (Å²) < 4.78 is 0. The van der Waals surface area contributed by atoms with Gasteiger partial charge in [-0.15, -0.1) is 0 Å². The third-order valence-electron chi connectivity index (χ3n) is 3.77. The Morgan fingerprint density at radius 1 is 1.06 bits per heavy atom. The fourth-order valence-corrected chi connectivity index (χ4v) is 2.35. The van der Waals surface area contributed by atoms with Gasteiger partial charge in [0.25, 0.3) is 0 Å². The quantitative estimate of drug-likeness (QED) is 0.660. The van der Waals surface area contributed by atoms with Crippen molar-refractivity contribution < 1.29 is 0 Å². The Balaban J connectivity index is 2.68. The molecule has 1 rings (SSSR count). The number of benzene rings is 1. The Morgan fingerprint density at radius 3 is 2.39 bits per heavy atom. The monoisotopic (exact) mass is 247 g/mol. The van der Waals surface area contributed by atoms with Crippen LogP contribution in [0.5, 0.6) is 0 Å². The van der Waals surface area contributed by atoms with Crippen LogP contribution in [0.4, 0.5) is 5.69 Å². The second-order valence-electron chi connectivity index (χ2n) is 5.41. The lowest BCUT2D eigenvalue weighted by atomic mass is 9.97. The maximum Gasteiger partial charge on any atom is 0.0374 e. The van der Waals surface area contributed by atoms with Gasteiger partial charge in [-0.2, -0.15) is 0 Å². The number of para-hydroxylation sites is 1. The number of hydrogen-bond donors (Lipinski definition) is 1. The Labute approximate surface area is 113 Å². The van der Waals surface area contributed by atoms with Crippen molar-refractivity contribution in [3.63, 3.8) is 0 Å². The molecule has 0 saturated carbocycles. The van der Waals surface area contributed by atoms with E-state index in [2.05, 4.69) is 57.3 Å². The molecule has 2 atom stereocenters. The van der Waals surface area contributed by atoms with E-state index in [1.807, 2.05) is 0 Å². The predicted molar refractivity (Wildman–Crippen MR) is 82.2 cm³/mol. The summed E-state index contributed by atoms with van der Waals surface area (Å²) in [6, 6.07) is 9.37. The summed E-state index contributed by atoms with van der Waals surface area (Å²) in [4.78, 5) is 0. The number of nitrogens with one attached hydrogen (secondary N) is 1. The minimum absolute atomic E-state index is 0.609. The van der Waals surface area contributed by atoms with Crippen molar-refractivity contribution in [2.24, 2.45) is 5.92 Å². The number of anilines is 1. The molecule has 0 fully saturated rings. The molecule has 0 saturated heterocycles. The minimum atomic E-state index is 0.609. The van der Waals surface area contributed by atoms with Gasteiger partial charge in [-0.1, -0.05) is 58.7 Å². The zero-order chi connectivity index (χ0) is 13.4. The standard InChI is InChI=1S/C17H29N/c1-5-10-15-11-8-9-12-17(15)18-16(7-3)13-14(4)6-2/h8-9,11-12,14,16,18H,5-7,10,13H2,1-4H3. The highest BCUT2D eigenvalue weighted by Gasteiger charge is 2.11. The molecule has 1 aromatic carbocycles. The molecule has 1 aromatic rings. The predicted octanol–water partition coefficient (Wildman–Crippen LogP) is 5.27. The van der Waals surface area contributed by atoms with Crippen LogP contribution in [0.2, 0.25) is 0 Å². The molecule has 0 aliphatic heterocycles. The molecule has 2 unspecified atom stereocenters. The molecule has 0 aliphatic rings. The van der Waals surface area contributed by atoms with Gasteiger partial charge in [0.05, 0.1) is 0 Å². The van der Waals surface area contributed by atoms with Crippen LogP contribution >= 0.6 is 0 Å². The lowest BCUT2D eigenvalue weighted by molar-refractivity contribution is 0.461. The van der Waals surface area contributed by atoms with Crippen molar-refractivity contribution in [2.45, 2.75) is 65.8 Å². The second kappa shape index (κ2) is 8.18. The highest BCUT2D eigenvalue weighted by atomic mass is 14.9. The fourth-order valence-electron chi connectivity index (χ4n) is 2.35. The molecule has 0 aliphatic carbocycles. The van der Waals surface area contributed by atoms with E-state index in [-0.39, 0.29) is 0 Å². The van der Waals surface area contributed by atoms with E-state index in [1.165, 1.54) is 43.4 Å². The van der Waals surface area contributed by atoms with Crippen LogP contribution in [0.1, 0.15) is 58.9 Å². The van der Waals surface area contributed by atoms with Crippen LogP contribution in [0.25, 0.3) is 0 Å². The smallest absolute Gasteiger partial charge is 0.0374 e. The third kappa shape index (κ3) is 4.72. The first-order valence-corrected chi connectivity index (χ1v) is 7.55. The van der Waals surface area contributed by atoms with Crippen LogP contribution in [0.15, 0.2) is 24.3 Å². The first kappa shape index (κ1) is 15.1. The van der Waals surface area contributed by atoms with E-state index in [1.54, 1.807) is 0 Å². The second-order valence-corrected chi connectivity index (χ2v) is 5.41. The van der Waals surface area contributed by atoms with Gasteiger partial charge >= 0.3 is 0 Å². The van der Waals surface area contributed by atoms with Gasteiger partial charge in [-0.25, -0.2) is 0 Å². The molecule has 0 aromatic heterocycles. The van der Waals surface area contributed by atoms with Crippen molar-refractivity contribution in [3.8, 4) is 0 Å². The van der Waals surface area contributed by atoms with Crippen LogP contribution < -0.4 is 5.32 Å². The third-order valence-corrected chi connectivity index (χ3v) is 3.77. The van der Waals surface area contributed by atoms with Crippen molar-refractivity contribution >= 4 is 5.69 Å². The van der Waals surface area contributed by atoms with Gasteiger partial charge in [0.1, 0.15) is 0 Å². The van der Waals surface area contributed by atoms with Gasteiger partial charge in [0, 0.05) is 11.7 Å². The highest BCUT2D eigenvalue weighted by Crippen LogP contribution is 2.21. The first-order valence-electron chi connectivity index (χ1n) is 7.55. The molecule has 1 heteroatoms. The highest BCUT2D eigenvalue weighted by molar-refractivity contribution is 5.51. The molecule has 1 nitrogen and oxygen atoms in total. The van der Waals surface area contributed by atoms with Gasteiger partial charge in [-0.05, 0) is 36.8 Å². The minimum Gasteiger partial charge on any atom is -0.382 e. The topological polar surface area (TPSA) is 12.0 Å². The Hall–Kier alpha value is -0.980. The maximum absolute atomic E-state index is 3.75. The number of rotatable bonds is 8. The van der Waals surface area contributed by atoms with E-state index in [0.717, 1.165) is 5.92 Å². The first-order chi connectivity index (χ1) is 8.71. The van der Waals surface area contributed by atoms with E-state index < -0.39 is 0 Å². The van der Waals surface area contributed by atoms with Crippen LogP contribution in [-0.2, 0) is 6.42 Å². The van der Waals surface area contributed by atoms with Crippen molar-refractivity contribution in [1.29, 1.82) is 0 Å². The summed E-state index contributed by atoms with van der Waals surface area (Å²) in [5.41, 5.74) is 2.80.